The summed E-state index contributed by atoms with van der Waals surface area (Å²) in [5.41, 5.74) is -0.263. The maximum atomic E-state index is 13.6. The Hall–Kier alpha value is -2.48. The summed E-state index contributed by atoms with van der Waals surface area (Å²) >= 11 is 5.75. The molecule has 2 aromatic rings. The second-order valence-electron chi connectivity index (χ2n) is 3.85. The largest absolute Gasteiger partial charge is 0.436 e. The van der Waals surface area contributed by atoms with E-state index in [2.05, 4.69) is 15.3 Å². The Morgan fingerprint density at radius 1 is 1.52 bits per heavy atom. The molecule has 0 aliphatic rings. The van der Waals surface area contributed by atoms with Crippen LogP contribution in [0, 0.1) is 15.9 Å². The number of rotatable bonds is 5. The van der Waals surface area contributed by atoms with Crippen molar-refractivity contribution >= 4 is 23.2 Å². The third-order valence-electron chi connectivity index (χ3n) is 2.38. The van der Waals surface area contributed by atoms with Gasteiger partial charge in [0.05, 0.1) is 11.1 Å². The summed E-state index contributed by atoms with van der Waals surface area (Å²) in [6.07, 6.45) is 0.966. The molecule has 7 nitrogen and oxygen atoms in total. The maximum absolute atomic E-state index is 13.6. The molecule has 9 heteroatoms. The third kappa shape index (κ3) is 3.54. The van der Waals surface area contributed by atoms with Crippen LogP contribution in [0.5, 0.6) is 11.6 Å². The van der Waals surface area contributed by atoms with Gasteiger partial charge in [-0.15, -0.1) is 0 Å². The molecule has 0 bridgehead atoms. The lowest BCUT2D eigenvalue weighted by atomic mass is 10.3. The first-order valence-corrected chi connectivity index (χ1v) is 6.27. The molecule has 0 atom stereocenters. The van der Waals surface area contributed by atoms with Gasteiger partial charge in [0.1, 0.15) is 10.8 Å². The fourth-order valence-electron chi connectivity index (χ4n) is 1.48. The number of nitro groups is 1. The second kappa shape index (κ2) is 6.31. The molecule has 1 heterocycles. The van der Waals surface area contributed by atoms with E-state index in [1.807, 2.05) is 6.92 Å². The molecule has 0 amide bonds. The van der Waals surface area contributed by atoms with Gasteiger partial charge in [0.15, 0.2) is 0 Å². The average Bonchev–Trinajstić information content (AvgIpc) is 2.42. The monoisotopic (exact) mass is 312 g/mol. The van der Waals surface area contributed by atoms with Crippen LogP contribution >= 0.6 is 11.6 Å². The summed E-state index contributed by atoms with van der Waals surface area (Å²) in [6.45, 7) is 2.40. The molecule has 0 aliphatic carbocycles. The summed E-state index contributed by atoms with van der Waals surface area (Å²) in [4.78, 5) is 17.6. The van der Waals surface area contributed by atoms with Crippen LogP contribution in [0.15, 0.2) is 24.4 Å². The van der Waals surface area contributed by atoms with Crippen LogP contribution in [0.1, 0.15) is 6.92 Å². The Balaban J connectivity index is 2.27. The van der Waals surface area contributed by atoms with E-state index >= 15 is 0 Å². The Bertz CT molecular complexity index is 684. The number of ether oxygens (including phenoxy) is 1. The fourth-order valence-corrected chi connectivity index (χ4v) is 1.72. The van der Waals surface area contributed by atoms with Crippen LogP contribution in [0.2, 0.25) is 5.02 Å². The van der Waals surface area contributed by atoms with Crippen LogP contribution in [-0.4, -0.2) is 21.4 Å². The van der Waals surface area contributed by atoms with Gasteiger partial charge in [0, 0.05) is 18.7 Å². The molecule has 0 fully saturated rings. The molecule has 0 unspecified atom stereocenters. The predicted octanol–water partition coefficient (Wildman–Crippen LogP) is 3.40. The van der Waals surface area contributed by atoms with Crippen molar-refractivity contribution in [2.24, 2.45) is 0 Å². The lowest BCUT2D eigenvalue weighted by Gasteiger charge is -2.08. The van der Waals surface area contributed by atoms with Crippen molar-refractivity contribution in [3.63, 3.8) is 0 Å². The molecule has 1 aromatic carbocycles. The van der Waals surface area contributed by atoms with Gasteiger partial charge in [0.2, 0.25) is 11.8 Å². The van der Waals surface area contributed by atoms with E-state index in [0.29, 0.717) is 6.54 Å². The number of hydrogen-bond acceptors (Lipinski definition) is 6. The zero-order valence-electron chi connectivity index (χ0n) is 10.8. The van der Waals surface area contributed by atoms with Crippen molar-refractivity contribution in [2.45, 2.75) is 6.92 Å². The van der Waals surface area contributed by atoms with Gasteiger partial charge >= 0.3 is 0 Å². The van der Waals surface area contributed by atoms with Crippen molar-refractivity contribution in [1.82, 2.24) is 9.97 Å². The predicted molar refractivity (Wildman–Crippen MR) is 74.3 cm³/mol. The van der Waals surface area contributed by atoms with E-state index in [1.165, 1.54) is 18.2 Å². The zero-order chi connectivity index (χ0) is 15.4. The normalized spacial score (nSPS) is 10.2. The Kier molecular flexibility index (Phi) is 4.49. The van der Waals surface area contributed by atoms with Crippen molar-refractivity contribution < 1.29 is 14.1 Å². The number of hydrogen-bond donors (Lipinski definition) is 1. The highest BCUT2D eigenvalue weighted by molar-refractivity contribution is 6.32. The summed E-state index contributed by atoms with van der Waals surface area (Å²) in [5, 5.41) is 13.4. The molecule has 0 radical (unpaired) electrons. The first-order chi connectivity index (χ1) is 10.0. The standard InChI is InChI=1S/C12H10ClFN4O3/c1-2-15-12-16-6-9(14)11(17-12)21-7-3-4-10(18(19)20)8(13)5-7/h3-6H,2H2,1H3,(H,15,16,17). The molecule has 2 rings (SSSR count). The molecule has 0 aliphatic heterocycles. The van der Waals surface area contributed by atoms with Crippen LogP contribution in [-0.2, 0) is 0 Å². The molecular formula is C12H10ClFN4O3. The third-order valence-corrected chi connectivity index (χ3v) is 2.68. The summed E-state index contributed by atoms with van der Waals surface area (Å²) < 4.78 is 18.8. The Morgan fingerprint density at radius 2 is 2.29 bits per heavy atom. The highest BCUT2D eigenvalue weighted by Gasteiger charge is 2.15. The minimum atomic E-state index is -0.758. The second-order valence-corrected chi connectivity index (χ2v) is 4.26. The number of halogens is 2. The van der Waals surface area contributed by atoms with Gasteiger partial charge in [-0.05, 0) is 13.0 Å². The molecule has 21 heavy (non-hydrogen) atoms. The lowest BCUT2D eigenvalue weighted by Crippen LogP contribution is -2.04. The smallest absolute Gasteiger partial charge is 0.288 e. The highest BCUT2D eigenvalue weighted by Crippen LogP contribution is 2.31. The van der Waals surface area contributed by atoms with E-state index in [4.69, 9.17) is 16.3 Å². The molecule has 1 N–H and O–H groups in total. The topological polar surface area (TPSA) is 90.2 Å². The Labute approximate surface area is 123 Å². The first-order valence-electron chi connectivity index (χ1n) is 5.89. The van der Waals surface area contributed by atoms with Gasteiger partial charge < -0.3 is 10.1 Å². The minimum absolute atomic E-state index is 0.112. The van der Waals surface area contributed by atoms with Crippen molar-refractivity contribution in [2.75, 3.05) is 11.9 Å². The van der Waals surface area contributed by atoms with Crippen LogP contribution < -0.4 is 10.1 Å². The first kappa shape index (κ1) is 14.9. The quantitative estimate of drug-likeness (QED) is 0.672. The number of aromatic nitrogens is 2. The number of anilines is 1. The van der Waals surface area contributed by atoms with Gasteiger partial charge in [-0.3, -0.25) is 10.1 Å². The van der Waals surface area contributed by atoms with E-state index in [0.717, 1.165) is 6.20 Å². The van der Waals surface area contributed by atoms with Crippen molar-refractivity contribution in [1.29, 1.82) is 0 Å². The van der Waals surface area contributed by atoms with Gasteiger partial charge in [0.25, 0.3) is 11.6 Å². The molecule has 1 aromatic heterocycles. The van der Waals surface area contributed by atoms with Crippen molar-refractivity contribution in [3.05, 3.63) is 45.4 Å². The fraction of sp³-hybridized carbons (Fsp3) is 0.167. The number of nitro benzene ring substituents is 1. The molecule has 0 saturated carbocycles. The summed E-state index contributed by atoms with van der Waals surface area (Å²) in [6, 6.07) is 3.69. The number of benzene rings is 1. The molecule has 0 spiro atoms. The molecular weight excluding hydrogens is 303 g/mol. The minimum Gasteiger partial charge on any atom is -0.436 e. The molecule has 110 valence electrons. The van der Waals surface area contributed by atoms with Crippen LogP contribution in [0.3, 0.4) is 0 Å². The van der Waals surface area contributed by atoms with E-state index in [-0.39, 0.29) is 28.3 Å². The van der Waals surface area contributed by atoms with Crippen LogP contribution in [0.4, 0.5) is 16.0 Å². The SMILES string of the molecule is CCNc1ncc(F)c(Oc2ccc([N+](=O)[O-])c(Cl)c2)n1. The maximum Gasteiger partial charge on any atom is 0.288 e. The summed E-state index contributed by atoms with van der Waals surface area (Å²) in [5.74, 6) is -0.718. The van der Waals surface area contributed by atoms with Gasteiger partial charge in [-0.25, -0.2) is 4.98 Å². The van der Waals surface area contributed by atoms with Gasteiger partial charge in [-0.2, -0.15) is 9.37 Å². The molecule has 0 saturated heterocycles. The van der Waals surface area contributed by atoms with Gasteiger partial charge in [-0.1, -0.05) is 11.6 Å². The van der Waals surface area contributed by atoms with E-state index in [1.54, 1.807) is 0 Å². The van der Waals surface area contributed by atoms with Crippen molar-refractivity contribution in [3.8, 4) is 11.6 Å². The lowest BCUT2D eigenvalue weighted by molar-refractivity contribution is -0.384. The zero-order valence-corrected chi connectivity index (χ0v) is 11.6. The number of nitrogens with zero attached hydrogens (tertiary/aromatic N) is 3. The highest BCUT2D eigenvalue weighted by atomic mass is 35.5. The number of nitrogens with one attached hydrogen (secondary N) is 1. The van der Waals surface area contributed by atoms with E-state index in [9.17, 15) is 14.5 Å². The van der Waals surface area contributed by atoms with E-state index < -0.39 is 10.7 Å². The summed E-state index contributed by atoms with van der Waals surface area (Å²) in [7, 11) is 0. The Morgan fingerprint density at radius 3 is 2.90 bits per heavy atom. The average molecular weight is 313 g/mol. The van der Waals surface area contributed by atoms with Crippen LogP contribution in [0.25, 0.3) is 0 Å².